The SMILES string of the molecule is CC(NCC(C)(C)CCC#N)c1cn[nH]c1. The summed E-state index contributed by atoms with van der Waals surface area (Å²) >= 11 is 0. The van der Waals surface area contributed by atoms with E-state index in [1.54, 1.807) is 0 Å². The number of hydrogen-bond acceptors (Lipinski definition) is 3. The van der Waals surface area contributed by atoms with E-state index in [0.29, 0.717) is 12.5 Å². The summed E-state index contributed by atoms with van der Waals surface area (Å²) in [6, 6.07) is 2.49. The average Bonchev–Trinajstić information content (AvgIpc) is 2.77. The van der Waals surface area contributed by atoms with Crippen molar-refractivity contribution in [1.29, 1.82) is 5.26 Å². The fraction of sp³-hybridized carbons (Fsp3) is 0.667. The van der Waals surface area contributed by atoms with Crippen LogP contribution in [0.5, 0.6) is 0 Å². The van der Waals surface area contributed by atoms with Crippen molar-refractivity contribution in [2.45, 2.75) is 39.7 Å². The van der Waals surface area contributed by atoms with Crippen LogP contribution in [0.15, 0.2) is 12.4 Å². The Balaban J connectivity index is 2.36. The molecule has 16 heavy (non-hydrogen) atoms. The highest BCUT2D eigenvalue weighted by atomic mass is 15.1. The second kappa shape index (κ2) is 5.66. The van der Waals surface area contributed by atoms with E-state index < -0.39 is 0 Å². The molecular weight excluding hydrogens is 200 g/mol. The van der Waals surface area contributed by atoms with Crippen molar-refractivity contribution in [3.05, 3.63) is 18.0 Å². The lowest BCUT2D eigenvalue weighted by atomic mass is 9.87. The highest BCUT2D eigenvalue weighted by Gasteiger charge is 2.18. The third-order valence-electron chi connectivity index (χ3n) is 2.82. The second-order valence-electron chi connectivity index (χ2n) is 4.96. The van der Waals surface area contributed by atoms with E-state index in [9.17, 15) is 0 Å². The maximum Gasteiger partial charge on any atom is 0.0621 e. The largest absolute Gasteiger partial charge is 0.310 e. The summed E-state index contributed by atoms with van der Waals surface area (Å²) in [5, 5.41) is 18.8. The van der Waals surface area contributed by atoms with Crippen LogP contribution in [0, 0.1) is 16.7 Å². The minimum Gasteiger partial charge on any atom is -0.310 e. The predicted molar refractivity (Wildman–Crippen MR) is 63.6 cm³/mol. The van der Waals surface area contributed by atoms with Gasteiger partial charge in [0.2, 0.25) is 0 Å². The lowest BCUT2D eigenvalue weighted by Gasteiger charge is -2.26. The number of nitriles is 1. The zero-order valence-corrected chi connectivity index (χ0v) is 10.2. The molecular formula is C12H20N4. The van der Waals surface area contributed by atoms with Gasteiger partial charge < -0.3 is 5.32 Å². The molecule has 0 aliphatic rings. The van der Waals surface area contributed by atoms with Gasteiger partial charge in [-0.25, -0.2) is 0 Å². The van der Waals surface area contributed by atoms with Gasteiger partial charge >= 0.3 is 0 Å². The van der Waals surface area contributed by atoms with Gasteiger partial charge in [-0.05, 0) is 18.8 Å². The molecule has 0 spiro atoms. The Hall–Kier alpha value is -1.34. The van der Waals surface area contributed by atoms with Gasteiger partial charge in [0.15, 0.2) is 0 Å². The number of aromatic amines is 1. The normalized spacial score (nSPS) is 13.4. The molecule has 0 amide bonds. The number of nitrogens with zero attached hydrogens (tertiary/aromatic N) is 2. The standard InChI is InChI=1S/C12H20N4/c1-10(11-7-15-16-8-11)14-9-12(2,3)5-4-6-13/h7-8,10,14H,4-5,9H2,1-3H3,(H,15,16). The van der Waals surface area contributed by atoms with E-state index in [-0.39, 0.29) is 5.41 Å². The topological polar surface area (TPSA) is 64.5 Å². The summed E-state index contributed by atoms with van der Waals surface area (Å²) in [4.78, 5) is 0. The van der Waals surface area contributed by atoms with Crippen LogP contribution in [-0.4, -0.2) is 16.7 Å². The molecule has 1 unspecified atom stereocenters. The average molecular weight is 220 g/mol. The molecule has 0 fully saturated rings. The Morgan fingerprint density at radius 3 is 2.94 bits per heavy atom. The Bertz CT molecular complexity index is 334. The number of rotatable bonds is 6. The summed E-state index contributed by atoms with van der Waals surface area (Å²) in [5.74, 6) is 0. The summed E-state index contributed by atoms with van der Waals surface area (Å²) in [5.41, 5.74) is 1.32. The third kappa shape index (κ3) is 4.03. The van der Waals surface area contributed by atoms with Gasteiger partial charge in [0, 0.05) is 30.8 Å². The molecule has 1 rings (SSSR count). The fourth-order valence-corrected chi connectivity index (χ4v) is 1.53. The van der Waals surface area contributed by atoms with Crippen LogP contribution in [0.2, 0.25) is 0 Å². The van der Waals surface area contributed by atoms with Gasteiger partial charge in [0.1, 0.15) is 0 Å². The molecule has 0 aliphatic carbocycles. The number of aromatic nitrogens is 2. The predicted octanol–water partition coefficient (Wildman–Crippen LogP) is 2.39. The highest BCUT2D eigenvalue weighted by Crippen LogP contribution is 2.22. The van der Waals surface area contributed by atoms with E-state index in [2.05, 4.69) is 42.4 Å². The number of hydrogen-bond donors (Lipinski definition) is 2. The molecule has 0 aromatic carbocycles. The molecule has 1 aromatic heterocycles. The van der Waals surface area contributed by atoms with Crippen LogP contribution in [-0.2, 0) is 0 Å². The van der Waals surface area contributed by atoms with Crippen LogP contribution in [0.25, 0.3) is 0 Å². The first-order chi connectivity index (χ1) is 7.55. The maximum absolute atomic E-state index is 8.57. The van der Waals surface area contributed by atoms with Gasteiger partial charge in [-0.2, -0.15) is 10.4 Å². The quantitative estimate of drug-likeness (QED) is 0.773. The van der Waals surface area contributed by atoms with Crippen LogP contribution in [0.4, 0.5) is 0 Å². The van der Waals surface area contributed by atoms with Crippen molar-refractivity contribution < 1.29 is 0 Å². The van der Waals surface area contributed by atoms with Gasteiger partial charge in [-0.1, -0.05) is 13.8 Å². The molecule has 0 aliphatic heterocycles. The molecule has 0 saturated carbocycles. The maximum atomic E-state index is 8.57. The van der Waals surface area contributed by atoms with Crippen molar-refractivity contribution >= 4 is 0 Å². The monoisotopic (exact) mass is 220 g/mol. The molecule has 0 radical (unpaired) electrons. The summed E-state index contributed by atoms with van der Waals surface area (Å²) in [6.45, 7) is 7.38. The minimum atomic E-state index is 0.160. The van der Waals surface area contributed by atoms with Crippen molar-refractivity contribution in [3.8, 4) is 6.07 Å². The fourth-order valence-electron chi connectivity index (χ4n) is 1.53. The van der Waals surface area contributed by atoms with Crippen LogP contribution in [0.1, 0.15) is 45.2 Å². The highest BCUT2D eigenvalue weighted by molar-refractivity contribution is 5.07. The molecule has 4 heteroatoms. The Labute approximate surface area is 97.1 Å². The van der Waals surface area contributed by atoms with Crippen molar-refractivity contribution in [2.24, 2.45) is 5.41 Å². The van der Waals surface area contributed by atoms with E-state index in [1.165, 1.54) is 0 Å². The van der Waals surface area contributed by atoms with Crippen LogP contribution in [0.3, 0.4) is 0 Å². The van der Waals surface area contributed by atoms with E-state index in [4.69, 9.17) is 5.26 Å². The Morgan fingerprint density at radius 1 is 1.62 bits per heavy atom. The molecule has 88 valence electrons. The molecule has 0 saturated heterocycles. The second-order valence-corrected chi connectivity index (χ2v) is 4.96. The van der Waals surface area contributed by atoms with Gasteiger partial charge in [-0.15, -0.1) is 0 Å². The summed E-state index contributed by atoms with van der Waals surface area (Å²) in [7, 11) is 0. The third-order valence-corrected chi connectivity index (χ3v) is 2.82. The summed E-state index contributed by atoms with van der Waals surface area (Å²) < 4.78 is 0. The van der Waals surface area contributed by atoms with Gasteiger partial charge in [-0.3, -0.25) is 5.10 Å². The molecule has 4 nitrogen and oxygen atoms in total. The smallest absolute Gasteiger partial charge is 0.0621 e. The van der Waals surface area contributed by atoms with Crippen LogP contribution >= 0.6 is 0 Å². The van der Waals surface area contributed by atoms with Crippen molar-refractivity contribution in [3.63, 3.8) is 0 Å². The van der Waals surface area contributed by atoms with Gasteiger partial charge in [0.05, 0.1) is 12.3 Å². The van der Waals surface area contributed by atoms with E-state index in [0.717, 1.165) is 18.5 Å². The first-order valence-corrected chi connectivity index (χ1v) is 5.64. The molecule has 1 aromatic rings. The first kappa shape index (κ1) is 12.7. The Kier molecular flexibility index (Phi) is 4.51. The molecule has 1 atom stereocenters. The summed E-state index contributed by atoms with van der Waals surface area (Å²) in [6.07, 6.45) is 5.28. The van der Waals surface area contributed by atoms with Crippen LogP contribution < -0.4 is 5.32 Å². The molecule has 0 bridgehead atoms. The number of nitrogens with one attached hydrogen (secondary N) is 2. The minimum absolute atomic E-state index is 0.160. The van der Waals surface area contributed by atoms with E-state index >= 15 is 0 Å². The van der Waals surface area contributed by atoms with Crippen molar-refractivity contribution in [1.82, 2.24) is 15.5 Å². The van der Waals surface area contributed by atoms with Gasteiger partial charge in [0.25, 0.3) is 0 Å². The zero-order valence-electron chi connectivity index (χ0n) is 10.2. The lowest BCUT2D eigenvalue weighted by Crippen LogP contribution is -2.31. The Morgan fingerprint density at radius 2 is 2.38 bits per heavy atom. The lowest BCUT2D eigenvalue weighted by molar-refractivity contribution is 0.305. The number of H-pyrrole nitrogens is 1. The van der Waals surface area contributed by atoms with Crippen molar-refractivity contribution in [2.75, 3.05) is 6.54 Å². The molecule has 1 heterocycles. The van der Waals surface area contributed by atoms with E-state index in [1.807, 2.05) is 12.4 Å². The first-order valence-electron chi connectivity index (χ1n) is 5.64. The molecule has 2 N–H and O–H groups in total. The zero-order chi connectivity index (χ0) is 12.0.